The van der Waals surface area contributed by atoms with Crippen LogP contribution in [0.2, 0.25) is 0 Å². The largest absolute Gasteiger partial charge is 0.374 e. The van der Waals surface area contributed by atoms with E-state index in [1.807, 2.05) is 0 Å². The summed E-state index contributed by atoms with van der Waals surface area (Å²) < 4.78 is 5.68. The van der Waals surface area contributed by atoms with E-state index >= 15 is 0 Å². The maximum Gasteiger partial charge on any atom is 0.143 e. The van der Waals surface area contributed by atoms with Crippen molar-refractivity contribution < 1.29 is 14.3 Å². The van der Waals surface area contributed by atoms with Gasteiger partial charge in [-0.25, -0.2) is 0 Å². The van der Waals surface area contributed by atoms with Crippen LogP contribution < -0.4 is 0 Å². The second kappa shape index (κ2) is 9.12. The summed E-state index contributed by atoms with van der Waals surface area (Å²) in [5, 5.41) is 0. The van der Waals surface area contributed by atoms with Crippen LogP contribution in [0.4, 0.5) is 0 Å². The van der Waals surface area contributed by atoms with Gasteiger partial charge in [-0.3, -0.25) is 9.59 Å². The second-order valence-electron chi connectivity index (χ2n) is 9.12. The van der Waals surface area contributed by atoms with Gasteiger partial charge in [-0.05, 0) is 62.7 Å². The highest BCUT2D eigenvalue weighted by Gasteiger charge is 2.34. The smallest absolute Gasteiger partial charge is 0.143 e. The molecule has 2 fully saturated rings. The number of carbonyl (C=O) groups is 2. The van der Waals surface area contributed by atoms with Crippen molar-refractivity contribution in [2.24, 2.45) is 23.2 Å². The minimum absolute atomic E-state index is 0.0680. The molecule has 3 nitrogen and oxygen atoms in total. The van der Waals surface area contributed by atoms with E-state index in [9.17, 15) is 9.59 Å². The van der Waals surface area contributed by atoms with Crippen LogP contribution in [0.5, 0.6) is 0 Å². The minimum atomic E-state index is 0.0680. The zero-order chi connectivity index (χ0) is 18.4. The first-order valence-electron chi connectivity index (χ1n) is 10.1. The minimum Gasteiger partial charge on any atom is -0.374 e. The Hall–Kier alpha value is -0.960. The maximum atomic E-state index is 12.6. The Morgan fingerprint density at radius 2 is 1.40 bits per heavy atom. The number of hydrogen-bond acceptors (Lipinski definition) is 3. The number of carbonyl (C=O) groups excluding carboxylic acids is 2. The van der Waals surface area contributed by atoms with Gasteiger partial charge in [0.05, 0.1) is 19.1 Å². The molecular weight excluding hydrogens is 312 g/mol. The monoisotopic (exact) mass is 348 g/mol. The molecule has 2 saturated carbocycles. The van der Waals surface area contributed by atoms with Gasteiger partial charge in [-0.1, -0.05) is 26.8 Å². The van der Waals surface area contributed by atoms with Gasteiger partial charge < -0.3 is 4.74 Å². The van der Waals surface area contributed by atoms with E-state index in [1.165, 1.54) is 0 Å². The molecule has 0 aliphatic heterocycles. The molecule has 2 aliphatic rings. The molecule has 0 spiro atoms. The van der Waals surface area contributed by atoms with Crippen LogP contribution in [0.1, 0.15) is 78.6 Å². The first-order valence-corrected chi connectivity index (χ1v) is 10.1. The average molecular weight is 349 g/mol. The number of ketones is 2. The lowest BCUT2D eigenvalue weighted by atomic mass is 9.68. The Balaban J connectivity index is 1.72. The van der Waals surface area contributed by atoms with Crippen LogP contribution >= 0.6 is 0 Å². The summed E-state index contributed by atoms with van der Waals surface area (Å²) >= 11 is 0. The summed E-state index contributed by atoms with van der Waals surface area (Å²) in [6, 6.07) is 0. The van der Waals surface area contributed by atoms with Crippen LogP contribution in [-0.4, -0.2) is 24.3 Å². The molecule has 0 amide bonds. The van der Waals surface area contributed by atoms with Crippen LogP contribution in [0, 0.1) is 23.2 Å². The molecule has 142 valence electrons. The van der Waals surface area contributed by atoms with Gasteiger partial charge in [0.2, 0.25) is 0 Å². The summed E-state index contributed by atoms with van der Waals surface area (Å²) in [5.41, 5.74) is 0.330. The van der Waals surface area contributed by atoms with Crippen molar-refractivity contribution in [2.45, 2.75) is 84.7 Å². The predicted molar refractivity (Wildman–Crippen MR) is 101 cm³/mol. The molecule has 0 aromatic heterocycles. The van der Waals surface area contributed by atoms with E-state index in [-0.39, 0.29) is 35.9 Å². The molecule has 0 radical (unpaired) electrons. The zero-order valence-corrected chi connectivity index (χ0v) is 16.4. The Bertz CT molecular complexity index is 458. The maximum absolute atomic E-state index is 12.6. The van der Waals surface area contributed by atoms with E-state index in [4.69, 9.17) is 4.74 Å². The summed E-state index contributed by atoms with van der Waals surface area (Å²) in [4.78, 5) is 25.1. The molecule has 0 atom stereocenters. The number of Topliss-reactive ketones (excluding diaryl/α,β-unsaturated/α-hetero) is 2. The van der Waals surface area contributed by atoms with Crippen molar-refractivity contribution in [3.05, 3.63) is 12.7 Å². The van der Waals surface area contributed by atoms with Gasteiger partial charge in [0.15, 0.2) is 0 Å². The third-order valence-electron chi connectivity index (χ3n) is 6.34. The van der Waals surface area contributed by atoms with E-state index in [0.29, 0.717) is 17.9 Å². The average Bonchev–Trinajstić information content (AvgIpc) is 2.59. The lowest BCUT2D eigenvalue weighted by Crippen LogP contribution is -2.31. The Labute approximate surface area is 153 Å². The summed E-state index contributed by atoms with van der Waals surface area (Å²) in [5.74, 6) is 1.26. The fraction of sp³-hybridized carbons (Fsp3) is 0.818. The number of ether oxygens (including phenoxy) is 1. The summed E-state index contributed by atoms with van der Waals surface area (Å²) in [6.45, 7) is 11.1. The van der Waals surface area contributed by atoms with Crippen LogP contribution in [0.25, 0.3) is 0 Å². The van der Waals surface area contributed by atoms with Crippen LogP contribution in [0.3, 0.4) is 0 Å². The molecule has 2 rings (SSSR count). The molecule has 0 N–H and O–H groups in total. The third kappa shape index (κ3) is 6.06. The Kier molecular flexibility index (Phi) is 7.42. The fourth-order valence-corrected chi connectivity index (χ4v) is 4.50. The van der Waals surface area contributed by atoms with Gasteiger partial charge in [0.25, 0.3) is 0 Å². The van der Waals surface area contributed by atoms with Crippen molar-refractivity contribution in [3.8, 4) is 0 Å². The van der Waals surface area contributed by atoms with Crippen molar-refractivity contribution in [1.29, 1.82) is 0 Å². The highest BCUT2D eigenvalue weighted by Crippen LogP contribution is 2.40. The molecule has 0 saturated heterocycles. The molecule has 2 aliphatic carbocycles. The van der Waals surface area contributed by atoms with Crippen molar-refractivity contribution in [1.82, 2.24) is 0 Å². The topological polar surface area (TPSA) is 43.4 Å². The normalized spacial score (nSPS) is 30.7. The highest BCUT2D eigenvalue weighted by atomic mass is 16.5. The number of hydrogen-bond donors (Lipinski definition) is 0. The van der Waals surface area contributed by atoms with Gasteiger partial charge in [-0.2, -0.15) is 0 Å². The van der Waals surface area contributed by atoms with Gasteiger partial charge >= 0.3 is 0 Å². The van der Waals surface area contributed by atoms with Gasteiger partial charge in [0.1, 0.15) is 11.6 Å². The quantitative estimate of drug-likeness (QED) is 0.473. The van der Waals surface area contributed by atoms with E-state index in [2.05, 4.69) is 27.4 Å². The zero-order valence-electron chi connectivity index (χ0n) is 16.4. The molecule has 0 heterocycles. The SMILES string of the molecule is C=CCOC1CCC(C(=O)CC(=O)C2CCC(C(C)(C)C)CC2)CC1. The lowest BCUT2D eigenvalue weighted by molar-refractivity contribution is -0.133. The van der Waals surface area contributed by atoms with E-state index in [0.717, 1.165) is 51.4 Å². The van der Waals surface area contributed by atoms with Crippen LogP contribution in [0.15, 0.2) is 12.7 Å². The standard InChI is InChI=1S/C22H36O3/c1-5-14-25-19-12-8-17(9-13-19)21(24)15-20(23)16-6-10-18(11-7-16)22(2,3)4/h5,16-19H,1,6-15H2,2-4H3. The highest BCUT2D eigenvalue weighted by molar-refractivity contribution is 6.01. The van der Waals surface area contributed by atoms with E-state index in [1.54, 1.807) is 6.08 Å². The van der Waals surface area contributed by atoms with Gasteiger partial charge in [-0.15, -0.1) is 6.58 Å². The van der Waals surface area contributed by atoms with Crippen molar-refractivity contribution >= 4 is 11.6 Å². The third-order valence-corrected chi connectivity index (χ3v) is 6.34. The predicted octanol–water partition coefficient (Wildman–Crippen LogP) is 5.13. The number of rotatable bonds is 7. The second-order valence-corrected chi connectivity index (χ2v) is 9.12. The van der Waals surface area contributed by atoms with Crippen molar-refractivity contribution in [2.75, 3.05) is 6.61 Å². The summed E-state index contributed by atoms with van der Waals surface area (Å²) in [7, 11) is 0. The molecule has 3 heteroatoms. The molecular formula is C22H36O3. The fourth-order valence-electron chi connectivity index (χ4n) is 4.50. The molecule has 0 unspecified atom stereocenters. The summed E-state index contributed by atoms with van der Waals surface area (Å²) in [6.07, 6.45) is 9.95. The Morgan fingerprint density at radius 1 is 0.920 bits per heavy atom. The molecule has 0 aromatic carbocycles. The lowest BCUT2D eigenvalue weighted by Gasteiger charge is -2.36. The first kappa shape index (κ1) is 20.4. The molecule has 0 bridgehead atoms. The van der Waals surface area contributed by atoms with E-state index < -0.39 is 0 Å². The van der Waals surface area contributed by atoms with Crippen LogP contribution in [-0.2, 0) is 14.3 Å². The Morgan fingerprint density at radius 3 is 1.84 bits per heavy atom. The molecule has 0 aromatic rings. The van der Waals surface area contributed by atoms with Gasteiger partial charge in [0, 0.05) is 11.8 Å². The first-order chi connectivity index (χ1) is 11.8. The molecule has 25 heavy (non-hydrogen) atoms. The van der Waals surface area contributed by atoms with Crippen molar-refractivity contribution in [3.63, 3.8) is 0 Å².